The Bertz CT molecular complexity index is 883. The van der Waals surface area contributed by atoms with Gasteiger partial charge in [0.15, 0.2) is 11.5 Å². The van der Waals surface area contributed by atoms with Gasteiger partial charge in [-0.05, 0) is 57.6 Å². The Hall–Kier alpha value is -1.99. The van der Waals surface area contributed by atoms with Crippen molar-refractivity contribution in [2.24, 2.45) is 5.92 Å². The van der Waals surface area contributed by atoms with E-state index in [9.17, 15) is 4.79 Å². The van der Waals surface area contributed by atoms with Crippen LogP contribution < -0.4 is 0 Å². The van der Waals surface area contributed by atoms with E-state index in [4.69, 9.17) is 0 Å². The highest BCUT2D eigenvalue weighted by Gasteiger charge is 2.35. The molecule has 1 atom stereocenters. The zero-order valence-electron chi connectivity index (χ0n) is 17.6. The second-order valence-electron chi connectivity index (χ2n) is 9.25. The molecule has 156 valence electrons. The molecule has 1 aliphatic carbocycles. The van der Waals surface area contributed by atoms with Gasteiger partial charge in [0.1, 0.15) is 0 Å². The summed E-state index contributed by atoms with van der Waals surface area (Å²) in [6.07, 6.45) is 6.93. The average molecular weight is 397 g/mol. The second kappa shape index (κ2) is 7.69. The van der Waals surface area contributed by atoms with Gasteiger partial charge in [0.05, 0.1) is 11.6 Å². The summed E-state index contributed by atoms with van der Waals surface area (Å²) in [5.74, 6) is 1.98. The maximum Gasteiger partial charge on any atom is 0.255 e. The van der Waals surface area contributed by atoms with Crippen molar-refractivity contribution in [2.75, 3.05) is 39.3 Å². The summed E-state index contributed by atoms with van der Waals surface area (Å²) < 4.78 is 2.06. The van der Waals surface area contributed by atoms with Crippen LogP contribution in [-0.2, 0) is 0 Å². The number of carbonyl (C=O) groups is 1. The summed E-state index contributed by atoms with van der Waals surface area (Å²) in [7, 11) is 0. The number of aromatic nitrogens is 3. The van der Waals surface area contributed by atoms with E-state index in [0.29, 0.717) is 6.04 Å². The fraction of sp³-hybridized carbons (Fsp3) is 0.682. The molecular weight excluding hydrogens is 364 g/mol. The minimum absolute atomic E-state index is 0.128. The molecule has 0 radical (unpaired) electrons. The SMILES string of the molecule is CC(C)N1CCN(CC2CC2)C[C@H]1c1nnc2ccc(C(=O)N3CCCC3)cn12. The minimum atomic E-state index is 0.128. The van der Waals surface area contributed by atoms with E-state index in [2.05, 4.69) is 38.2 Å². The van der Waals surface area contributed by atoms with Gasteiger partial charge in [-0.2, -0.15) is 0 Å². The molecule has 2 aromatic heterocycles. The second-order valence-corrected chi connectivity index (χ2v) is 9.25. The summed E-state index contributed by atoms with van der Waals surface area (Å²) in [5.41, 5.74) is 1.56. The van der Waals surface area contributed by atoms with E-state index in [-0.39, 0.29) is 11.9 Å². The predicted octanol–water partition coefficient (Wildman–Crippen LogP) is 2.44. The van der Waals surface area contributed by atoms with E-state index < -0.39 is 0 Å². The highest BCUT2D eigenvalue weighted by Crippen LogP contribution is 2.33. The van der Waals surface area contributed by atoms with Crippen LogP contribution in [0.3, 0.4) is 0 Å². The first-order chi connectivity index (χ1) is 14.1. The van der Waals surface area contributed by atoms with Gasteiger partial charge in [-0.15, -0.1) is 10.2 Å². The van der Waals surface area contributed by atoms with Crippen LogP contribution in [0.5, 0.6) is 0 Å². The zero-order valence-corrected chi connectivity index (χ0v) is 17.6. The number of likely N-dealkylation sites (tertiary alicyclic amines) is 1. The van der Waals surface area contributed by atoms with E-state index in [1.165, 1.54) is 19.4 Å². The van der Waals surface area contributed by atoms with Crippen LogP contribution in [-0.4, -0.2) is 80.5 Å². The third kappa shape index (κ3) is 3.78. The third-order valence-corrected chi connectivity index (χ3v) is 6.75. The number of hydrogen-bond acceptors (Lipinski definition) is 5. The zero-order chi connectivity index (χ0) is 20.0. The molecule has 2 aromatic rings. The summed E-state index contributed by atoms with van der Waals surface area (Å²) in [5, 5.41) is 9.03. The smallest absolute Gasteiger partial charge is 0.255 e. The summed E-state index contributed by atoms with van der Waals surface area (Å²) in [4.78, 5) is 20.0. The van der Waals surface area contributed by atoms with Crippen LogP contribution in [0.1, 0.15) is 61.8 Å². The first-order valence-electron chi connectivity index (χ1n) is 11.2. The Kier molecular flexibility index (Phi) is 5.04. The number of piperazine rings is 1. The Balaban J connectivity index is 1.46. The molecule has 7 heteroatoms. The number of carbonyl (C=O) groups excluding carboxylic acids is 1. The molecule has 29 heavy (non-hydrogen) atoms. The van der Waals surface area contributed by atoms with Gasteiger partial charge in [-0.3, -0.25) is 19.0 Å². The van der Waals surface area contributed by atoms with Crippen molar-refractivity contribution in [1.82, 2.24) is 29.3 Å². The standard InChI is InChI=1S/C22H32N6O/c1-16(2)27-12-11-25(13-17-5-6-17)15-19(27)21-24-23-20-8-7-18(14-28(20)21)22(29)26-9-3-4-10-26/h7-8,14,16-17,19H,3-6,9-13,15H2,1-2H3/t19-/m0/s1. The van der Waals surface area contributed by atoms with Gasteiger partial charge < -0.3 is 4.90 Å². The number of hydrogen-bond donors (Lipinski definition) is 0. The van der Waals surface area contributed by atoms with Crippen LogP contribution >= 0.6 is 0 Å². The monoisotopic (exact) mass is 396 g/mol. The lowest BCUT2D eigenvalue weighted by Gasteiger charge is -2.42. The molecule has 1 saturated carbocycles. The van der Waals surface area contributed by atoms with Crippen molar-refractivity contribution in [3.63, 3.8) is 0 Å². The number of fused-ring (bicyclic) bond motifs is 1. The van der Waals surface area contributed by atoms with Gasteiger partial charge in [0, 0.05) is 51.5 Å². The molecule has 3 fully saturated rings. The average Bonchev–Trinajstić information content (AvgIpc) is 3.20. The third-order valence-electron chi connectivity index (χ3n) is 6.75. The van der Waals surface area contributed by atoms with E-state index in [1.54, 1.807) is 0 Å². The topological polar surface area (TPSA) is 57.0 Å². The Morgan fingerprint density at radius 1 is 1.10 bits per heavy atom. The Morgan fingerprint density at radius 2 is 1.90 bits per heavy atom. The fourth-order valence-corrected chi connectivity index (χ4v) is 4.90. The number of nitrogens with zero attached hydrogens (tertiary/aromatic N) is 6. The summed E-state index contributed by atoms with van der Waals surface area (Å²) >= 11 is 0. The summed E-state index contributed by atoms with van der Waals surface area (Å²) in [6, 6.07) is 4.48. The molecule has 0 N–H and O–H groups in total. The lowest BCUT2D eigenvalue weighted by atomic mass is 10.1. The first-order valence-corrected chi connectivity index (χ1v) is 11.2. The van der Waals surface area contributed by atoms with E-state index in [0.717, 1.165) is 68.5 Å². The fourth-order valence-electron chi connectivity index (χ4n) is 4.90. The van der Waals surface area contributed by atoms with Crippen LogP contribution in [0.4, 0.5) is 0 Å². The molecular formula is C22H32N6O. The molecule has 4 heterocycles. The van der Waals surface area contributed by atoms with Crippen LogP contribution in [0.2, 0.25) is 0 Å². The van der Waals surface area contributed by atoms with Crippen LogP contribution in [0.25, 0.3) is 5.65 Å². The van der Waals surface area contributed by atoms with Gasteiger partial charge in [0.25, 0.3) is 5.91 Å². The Morgan fingerprint density at radius 3 is 2.62 bits per heavy atom. The first kappa shape index (κ1) is 19.0. The molecule has 0 unspecified atom stereocenters. The normalized spacial score (nSPS) is 24.1. The molecule has 3 aliphatic rings. The Labute approximate surface area is 172 Å². The molecule has 0 aromatic carbocycles. The molecule has 2 aliphatic heterocycles. The van der Waals surface area contributed by atoms with Crippen molar-refractivity contribution < 1.29 is 4.79 Å². The molecule has 0 bridgehead atoms. The molecule has 2 saturated heterocycles. The van der Waals surface area contributed by atoms with Gasteiger partial charge in [-0.25, -0.2) is 0 Å². The highest BCUT2D eigenvalue weighted by atomic mass is 16.2. The highest BCUT2D eigenvalue weighted by molar-refractivity contribution is 5.94. The maximum atomic E-state index is 12.9. The van der Waals surface area contributed by atoms with Gasteiger partial charge in [-0.1, -0.05) is 0 Å². The quantitative estimate of drug-likeness (QED) is 0.777. The van der Waals surface area contributed by atoms with Crippen molar-refractivity contribution in [1.29, 1.82) is 0 Å². The lowest BCUT2D eigenvalue weighted by molar-refractivity contribution is 0.0437. The minimum Gasteiger partial charge on any atom is -0.339 e. The van der Waals surface area contributed by atoms with Crippen molar-refractivity contribution in [2.45, 2.75) is 51.6 Å². The largest absolute Gasteiger partial charge is 0.339 e. The number of rotatable bonds is 5. The molecule has 5 rings (SSSR count). The van der Waals surface area contributed by atoms with Gasteiger partial charge in [0.2, 0.25) is 0 Å². The molecule has 0 spiro atoms. The van der Waals surface area contributed by atoms with Crippen LogP contribution in [0.15, 0.2) is 18.3 Å². The van der Waals surface area contributed by atoms with Gasteiger partial charge >= 0.3 is 0 Å². The van der Waals surface area contributed by atoms with Crippen LogP contribution in [0, 0.1) is 5.92 Å². The van der Waals surface area contributed by atoms with Crippen molar-refractivity contribution in [3.8, 4) is 0 Å². The molecule has 1 amide bonds. The maximum absolute atomic E-state index is 12.9. The number of amides is 1. The lowest BCUT2D eigenvalue weighted by Crippen LogP contribution is -2.51. The van der Waals surface area contributed by atoms with Crippen molar-refractivity contribution >= 4 is 11.6 Å². The molecule has 7 nitrogen and oxygen atoms in total. The van der Waals surface area contributed by atoms with E-state index in [1.807, 2.05) is 23.2 Å². The van der Waals surface area contributed by atoms with E-state index >= 15 is 0 Å². The number of pyridine rings is 1. The summed E-state index contributed by atoms with van der Waals surface area (Å²) in [6.45, 7) is 10.6. The van der Waals surface area contributed by atoms with Crippen molar-refractivity contribution in [3.05, 3.63) is 29.7 Å². The predicted molar refractivity (Wildman–Crippen MR) is 112 cm³/mol.